The maximum absolute atomic E-state index is 12.5. The van der Waals surface area contributed by atoms with Gasteiger partial charge in [-0.15, -0.1) is 11.3 Å². The lowest BCUT2D eigenvalue weighted by Gasteiger charge is -2.22. The molecule has 0 unspecified atom stereocenters. The fraction of sp³-hybridized carbons (Fsp3) is 0.400. The van der Waals surface area contributed by atoms with Gasteiger partial charge in [-0.1, -0.05) is 12.1 Å². The van der Waals surface area contributed by atoms with E-state index in [2.05, 4.69) is 33.0 Å². The Morgan fingerprint density at radius 1 is 1.15 bits per heavy atom. The number of nitrogens with zero attached hydrogens (tertiary/aromatic N) is 1. The van der Waals surface area contributed by atoms with Crippen molar-refractivity contribution in [2.24, 2.45) is 0 Å². The van der Waals surface area contributed by atoms with Crippen LogP contribution >= 0.6 is 11.3 Å². The third kappa shape index (κ3) is 4.14. The van der Waals surface area contributed by atoms with Crippen LogP contribution in [0.1, 0.15) is 47.0 Å². The Kier molecular flexibility index (Phi) is 5.04. The van der Waals surface area contributed by atoms with E-state index in [4.69, 9.17) is 0 Å². The summed E-state index contributed by atoms with van der Waals surface area (Å²) in [5, 5.41) is 8.00. The fourth-order valence-corrected chi connectivity index (χ4v) is 4.33. The third-order valence-corrected chi connectivity index (χ3v) is 5.88. The van der Waals surface area contributed by atoms with Crippen LogP contribution in [0.4, 0.5) is 5.69 Å². The van der Waals surface area contributed by atoms with Gasteiger partial charge in [0.05, 0.1) is 6.54 Å². The summed E-state index contributed by atoms with van der Waals surface area (Å²) in [6.45, 7) is 1.32. The van der Waals surface area contributed by atoms with Crippen LogP contribution in [-0.4, -0.2) is 35.8 Å². The average Bonchev–Trinajstić information content (AvgIpc) is 3.09. The van der Waals surface area contributed by atoms with Gasteiger partial charge in [0.25, 0.3) is 5.91 Å². The molecule has 1 atom stereocenters. The molecule has 1 aliphatic carbocycles. The number of nitrogens with one attached hydrogen (secondary N) is 2. The van der Waals surface area contributed by atoms with Crippen LogP contribution in [0.15, 0.2) is 41.8 Å². The topological polar surface area (TPSA) is 61.4 Å². The zero-order chi connectivity index (χ0) is 17.9. The summed E-state index contributed by atoms with van der Waals surface area (Å²) in [5.41, 5.74) is 1.26. The highest BCUT2D eigenvalue weighted by molar-refractivity contribution is 7.10. The van der Waals surface area contributed by atoms with Gasteiger partial charge < -0.3 is 10.6 Å². The van der Waals surface area contributed by atoms with Crippen LogP contribution in [0.5, 0.6) is 0 Å². The minimum Gasteiger partial charge on any atom is -0.349 e. The van der Waals surface area contributed by atoms with Crippen molar-refractivity contribution in [3.05, 3.63) is 52.2 Å². The molecule has 1 aromatic heterocycles. The number of anilines is 1. The van der Waals surface area contributed by atoms with Gasteiger partial charge in [-0.2, -0.15) is 0 Å². The molecular weight excluding hydrogens is 346 g/mol. The molecule has 26 heavy (non-hydrogen) atoms. The molecule has 1 aliphatic heterocycles. The van der Waals surface area contributed by atoms with E-state index in [1.165, 1.54) is 4.88 Å². The first-order chi connectivity index (χ1) is 12.7. The Hall–Kier alpha value is -2.18. The van der Waals surface area contributed by atoms with Crippen molar-refractivity contribution in [1.29, 1.82) is 0 Å². The second kappa shape index (κ2) is 7.60. The van der Waals surface area contributed by atoms with E-state index in [1.54, 1.807) is 23.5 Å². The van der Waals surface area contributed by atoms with Crippen molar-refractivity contribution in [2.45, 2.75) is 37.8 Å². The predicted molar refractivity (Wildman–Crippen MR) is 103 cm³/mol. The number of likely N-dealkylation sites (tertiary alicyclic amines) is 1. The van der Waals surface area contributed by atoms with Gasteiger partial charge in [0.1, 0.15) is 0 Å². The first-order valence-electron chi connectivity index (χ1n) is 9.17. The van der Waals surface area contributed by atoms with E-state index in [-0.39, 0.29) is 11.8 Å². The second-order valence-corrected chi connectivity index (χ2v) is 8.00. The van der Waals surface area contributed by atoms with Crippen molar-refractivity contribution >= 4 is 28.8 Å². The molecule has 6 heteroatoms. The maximum atomic E-state index is 12.5. The number of carbonyl (C=O) groups is 2. The maximum Gasteiger partial charge on any atom is 0.251 e. The molecule has 4 rings (SSSR count). The number of thiophene rings is 1. The minimum atomic E-state index is -0.0686. The molecule has 2 heterocycles. The minimum absolute atomic E-state index is 0.0341. The Morgan fingerprint density at radius 2 is 2.04 bits per heavy atom. The van der Waals surface area contributed by atoms with Crippen LogP contribution in [0, 0.1) is 0 Å². The molecule has 1 aromatic carbocycles. The van der Waals surface area contributed by atoms with Gasteiger partial charge in [0, 0.05) is 28.2 Å². The van der Waals surface area contributed by atoms with Gasteiger partial charge in [0.2, 0.25) is 5.91 Å². The number of carbonyl (C=O) groups excluding carboxylic acids is 2. The molecule has 2 aromatic rings. The molecule has 1 saturated carbocycles. The smallest absolute Gasteiger partial charge is 0.251 e. The van der Waals surface area contributed by atoms with E-state index in [0.717, 1.165) is 32.2 Å². The monoisotopic (exact) mass is 369 g/mol. The lowest BCUT2D eigenvalue weighted by molar-refractivity contribution is -0.117. The largest absolute Gasteiger partial charge is 0.349 e. The van der Waals surface area contributed by atoms with Crippen LogP contribution in [0.25, 0.3) is 0 Å². The Bertz CT molecular complexity index is 786. The van der Waals surface area contributed by atoms with Crippen molar-refractivity contribution in [3.63, 3.8) is 0 Å². The number of rotatable bonds is 6. The van der Waals surface area contributed by atoms with Gasteiger partial charge in [-0.05, 0) is 61.9 Å². The van der Waals surface area contributed by atoms with Gasteiger partial charge >= 0.3 is 0 Å². The van der Waals surface area contributed by atoms with Crippen LogP contribution in [-0.2, 0) is 4.79 Å². The molecule has 2 aliphatic rings. The van der Waals surface area contributed by atoms with Gasteiger partial charge in [-0.3, -0.25) is 14.5 Å². The molecule has 2 amide bonds. The molecule has 1 saturated heterocycles. The summed E-state index contributed by atoms with van der Waals surface area (Å²) in [4.78, 5) is 28.2. The number of hydrogen-bond acceptors (Lipinski definition) is 4. The normalized spacial score (nSPS) is 20.1. The van der Waals surface area contributed by atoms with Gasteiger partial charge in [-0.25, -0.2) is 0 Å². The first kappa shape index (κ1) is 17.2. The van der Waals surface area contributed by atoms with E-state index in [0.29, 0.717) is 29.9 Å². The summed E-state index contributed by atoms with van der Waals surface area (Å²) < 4.78 is 0. The highest BCUT2D eigenvalue weighted by Crippen LogP contribution is 2.34. The van der Waals surface area contributed by atoms with Crippen LogP contribution in [0.2, 0.25) is 0 Å². The lowest BCUT2D eigenvalue weighted by Crippen LogP contribution is -2.32. The summed E-state index contributed by atoms with van der Waals surface area (Å²) in [6, 6.07) is 12.0. The standard InChI is InChI=1S/C20H23N3O2S/c24-19(13-23-10-2-6-17(23)18-7-3-11-26-18)21-16-5-1-4-14(12-16)20(25)22-15-8-9-15/h1,3-5,7,11-12,15,17H,2,6,8-10,13H2,(H,21,24)(H,22,25)/t17-/m0/s1. The quantitative estimate of drug-likeness (QED) is 0.820. The van der Waals surface area contributed by atoms with E-state index in [1.807, 2.05) is 12.1 Å². The van der Waals surface area contributed by atoms with Crippen molar-refractivity contribution in [1.82, 2.24) is 10.2 Å². The van der Waals surface area contributed by atoms with Crippen molar-refractivity contribution in [3.8, 4) is 0 Å². The highest BCUT2D eigenvalue weighted by atomic mass is 32.1. The summed E-state index contributed by atoms with van der Waals surface area (Å²) in [6.07, 6.45) is 4.34. The zero-order valence-electron chi connectivity index (χ0n) is 14.6. The zero-order valence-corrected chi connectivity index (χ0v) is 15.4. The van der Waals surface area contributed by atoms with Crippen molar-refractivity contribution in [2.75, 3.05) is 18.4 Å². The molecule has 2 N–H and O–H groups in total. The first-order valence-corrected chi connectivity index (χ1v) is 10.1. The van der Waals surface area contributed by atoms with E-state index < -0.39 is 0 Å². The Balaban J connectivity index is 1.36. The fourth-order valence-electron chi connectivity index (χ4n) is 3.44. The summed E-state index contributed by atoms with van der Waals surface area (Å²) >= 11 is 1.75. The number of hydrogen-bond donors (Lipinski definition) is 2. The van der Waals surface area contributed by atoms with Crippen molar-refractivity contribution < 1.29 is 9.59 Å². The molecule has 5 nitrogen and oxygen atoms in total. The molecule has 0 bridgehead atoms. The lowest BCUT2D eigenvalue weighted by atomic mass is 10.2. The molecule has 0 radical (unpaired) electrons. The SMILES string of the molecule is O=C(CN1CCC[C@H]1c1cccs1)Nc1cccc(C(=O)NC2CC2)c1. The Morgan fingerprint density at radius 3 is 2.81 bits per heavy atom. The molecule has 0 spiro atoms. The number of benzene rings is 1. The van der Waals surface area contributed by atoms with E-state index >= 15 is 0 Å². The molecule has 136 valence electrons. The third-order valence-electron chi connectivity index (χ3n) is 4.90. The highest BCUT2D eigenvalue weighted by Gasteiger charge is 2.28. The molecular formula is C20H23N3O2S. The number of amides is 2. The van der Waals surface area contributed by atoms with E-state index in [9.17, 15) is 9.59 Å². The summed E-state index contributed by atoms with van der Waals surface area (Å²) in [5.74, 6) is -0.103. The second-order valence-electron chi connectivity index (χ2n) is 7.02. The van der Waals surface area contributed by atoms with Crippen LogP contribution in [0.3, 0.4) is 0 Å². The van der Waals surface area contributed by atoms with Crippen LogP contribution < -0.4 is 10.6 Å². The average molecular weight is 369 g/mol. The predicted octanol–water partition coefficient (Wildman–Crippen LogP) is 3.42. The molecule has 2 fully saturated rings. The summed E-state index contributed by atoms with van der Waals surface area (Å²) in [7, 11) is 0. The van der Waals surface area contributed by atoms with Gasteiger partial charge in [0.15, 0.2) is 0 Å². The Labute approximate surface area is 157 Å².